The number of unbranched alkanes of at least 4 members (excludes halogenated alkanes) is 1. The standard InChI is InChI=1S/C24H31N5O/c1-20-9-3-4-10-21(20)22-19-29(26-25-22)14-8-7-13-27-15-17-28(18-16-27)23-11-5-6-12-24(23)30-2/h3-6,9-12,19H,7-8,13-18H2,1-2H3. The molecule has 3 aromatic rings. The zero-order valence-corrected chi connectivity index (χ0v) is 18.0. The summed E-state index contributed by atoms with van der Waals surface area (Å²) in [6.07, 6.45) is 4.35. The normalized spacial score (nSPS) is 14.8. The Labute approximate surface area is 179 Å². The smallest absolute Gasteiger partial charge is 0.142 e. The molecule has 0 aliphatic carbocycles. The van der Waals surface area contributed by atoms with Gasteiger partial charge in [-0.25, -0.2) is 0 Å². The number of piperazine rings is 1. The lowest BCUT2D eigenvalue weighted by Gasteiger charge is -2.36. The molecule has 6 heteroatoms. The second-order valence-corrected chi connectivity index (χ2v) is 7.89. The Morgan fingerprint density at radius 3 is 2.43 bits per heavy atom. The van der Waals surface area contributed by atoms with Gasteiger partial charge in [-0.1, -0.05) is 41.6 Å². The maximum Gasteiger partial charge on any atom is 0.142 e. The lowest BCUT2D eigenvalue weighted by molar-refractivity contribution is 0.250. The van der Waals surface area contributed by atoms with Crippen LogP contribution >= 0.6 is 0 Å². The maximum absolute atomic E-state index is 5.51. The van der Waals surface area contributed by atoms with Crippen molar-refractivity contribution < 1.29 is 4.74 Å². The van der Waals surface area contributed by atoms with Gasteiger partial charge in [-0.2, -0.15) is 0 Å². The lowest BCUT2D eigenvalue weighted by atomic mass is 10.1. The van der Waals surface area contributed by atoms with Gasteiger partial charge >= 0.3 is 0 Å². The van der Waals surface area contributed by atoms with Crippen LogP contribution in [0.4, 0.5) is 5.69 Å². The van der Waals surface area contributed by atoms with Crippen LogP contribution in [0.2, 0.25) is 0 Å². The van der Waals surface area contributed by atoms with E-state index >= 15 is 0 Å². The van der Waals surface area contributed by atoms with E-state index in [1.165, 1.54) is 17.7 Å². The van der Waals surface area contributed by atoms with Crippen molar-refractivity contribution in [3.8, 4) is 17.0 Å². The summed E-state index contributed by atoms with van der Waals surface area (Å²) < 4.78 is 7.49. The number of rotatable bonds is 8. The van der Waals surface area contributed by atoms with E-state index in [-0.39, 0.29) is 0 Å². The first-order chi connectivity index (χ1) is 14.7. The monoisotopic (exact) mass is 405 g/mol. The molecule has 1 aromatic heterocycles. The molecule has 1 fully saturated rings. The number of nitrogens with zero attached hydrogens (tertiary/aromatic N) is 5. The fraction of sp³-hybridized carbons (Fsp3) is 0.417. The highest BCUT2D eigenvalue weighted by Crippen LogP contribution is 2.28. The quantitative estimate of drug-likeness (QED) is 0.533. The Bertz CT molecular complexity index is 946. The second-order valence-electron chi connectivity index (χ2n) is 7.89. The molecule has 1 saturated heterocycles. The van der Waals surface area contributed by atoms with Gasteiger partial charge in [0, 0.05) is 38.3 Å². The van der Waals surface area contributed by atoms with E-state index in [2.05, 4.69) is 69.6 Å². The maximum atomic E-state index is 5.51. The molecular weight excluding hydrogens is 374 g/mol. The molecule has 0 unspecified atom stereocenters. The number of aryl methyl sites for hydroxylation is 2. The number of benzene rings is 2. The minimum absolute atomic E-state index is 0.917. The molecule has 0 amide bonds. The predicted octanol–water partition coefficient (Wildman–Crippen LogP) is 3.86. The van der Waals surface area contributed by atoms with Crippen LogP contribution in [0.5, 0.6) is 5.75 Å². The third kappa shape index (κ3) is 4.82. The average molecular weight is 406 g/mol. The number of para-hydroxylation sites is 2. The van der Waals surface area contributed by atoms with Crippen LogP contribution in [-0.4, -0.2) is 59.7 Å². The first-order valence-electron chi connectivity index (χ1n) is 10.8. The highest BCUT2D eigenvalue weighted by Gasteiger charge is 2.19. The van der Waals surface area contributed by atoms with Gasteiger partial charge in [0.05, 0.1) is 19.0 Å². The first-order valence-corrected chi connectivity index (χ1v) is 10.8. The molecule has 0 spiro atoms. The lowest BCUT2D eigenvalue weighted by Crippen LogP contribution is -2.46. The zero-order valence-electron chi connectivity index (χ0n) is 18.0. The van der Waals surface area contributed by atoms with Crippen molar-refractivity contribution >= 4 is 5.69 Å². The molecule has 0 bridgehead atoms. The summed E-state index contributed by atoms with van der Waals surface area (Å²) in [6.45, 7) is 8.45. The number of aromatic nitrogens is 3. The van der Waals surface area contributed by atoms with Crippen LogP contribution in [0, 0.1) is 6.92 Å². The van der Waals surface area contributed by atoms with E-state index in [0.29, 0.717) is 0 Å². The van der Waals surface area contributed by atoms with Crippen molar-refractivity contribution in [2.75, 3.05) is 44.7 Å². The molecule has 2 heterocycles. The second kappa shape index (κ2) is 9.76. The summed E-state index contributed by atoms with van der Waals surface area (Å²) in [5.41, 5.74) is 4.56. The molecule has 158 valence electrons. The Morgan fingerprint density at radius 1 is 0.900 bits per heavy atom. The van der Waals surface area contributed by atoms with Gasteiger partial charge in [0.1, 0.15) is 11.4 Å². The topological polar surface area (TPSA) is 46.4 Å². The van der Waals surface area contributed by atoms with Crippen LogP contribution in [0.15, 0.2) is 54.7 Å². The number of anilines is 1. The first kappa shape index (κ1) is 20.4. The average Bonchev–Trinajstić information content (AvgIpc) is 3.26. The Balaban J connectivity index is 1.20. The van der Waals surface area contributed by atoms with Crippen molar-refractivity contribution in [2.45, 2.75) is 26.3 Å². The molecule has 0 N–H and O–H groups in total. The van der Waals surface area contributed by atoms with Crippen LogP contribution in [-0.2, 0) is 6.54 Å². The molecule has 0 atom stereocenters. The number of methoxy groups -OCH3 is 1. The molecule has 30 heavy (non-hydrogen) atoms. The number of hydrogen-bond donors (Lipinski definition) is 0. The van der Waals surface area contributed by atoms with Gasteiger partial charge in [0.2, 0.25) is 0 Å². The van der Waals surface area contributed by atoms with Crippen molar-refractivity contribution in [3.05, 3.63) is 60.3 Å². The van der Waals surface area contributed by atoms with E-state index in [9.17, 15) is 0 Å². The van der Waals surface area contributed by atoms with Crippen LogP contribution < -0.4 is 9.64 Å². The predicted molar refractivity (Wildman–Crippen MR) is 121 cm³/mol. The highest BCUT2D eigenvalue weighted by atomic mass is 16.5. The van der Waals surface area contributed by atoms with E-state index in [1.54, 1.807) is 7.11 Å². The van der Waals surface area contributed by atoms with Crippen LogP contribution in [0.1, 0.15) is 18.4 Å². The van der Waals surface area contributed by atoms with E-state index < -0.39 is 0 Å². The van der Waals surface area contributed by atoms with Crippen molar-refractivity contribution in [1.29, 1.82) is 0 Å². The van der Waals surface area contributed by atoms with Gasteiger partial charge in [-0.3, -0.25) is 9.58 Å². The summed E-state index contributed by atoms with van der Waals surface area (Å²) >= 11 is 0. The summed E-state index contributed by atoms with van der Waals surface area (Å²) in [7, 11) is 1.74. The summed E-state index contributed by atoms with van der Waals surface area (Å²) in [5.74, 6) is 0.962. The molecule has 6 nitrogen and oxygen atoms in total. The van der Waals surface area contributed by atoms with Gasteiger partial charge < -0.3 is 9.64 Å². The third-order valence-electron chi connectivity index (χ3n) is 5.87. The van der Waals surface area contributed by atoms with Crippen LogP contribution in [0.25, 0.3) is 11.3 Å². The molecule has 0 saturated carbocycles. The SMILES string of the molecule is COc1ccccc1N1CCN(CCCCn2cc(-c3ccccc3C)nn2)CC1. The summed E-state index contributed by atoms with van der Waals surface area (Å²) in [4.78, 5) is 4.99. The molecular formula is C24H31N5O. The molecule has 4 rings (SSSR count). The fourth-order valence-electron chi connectivity index (χ4n) is 4.10. The van der Waals surface area contributed by atoms with Gasteiger partial charge in [0.25, 0.3) is 0 Å². The van der Waals surface area contributed by atoms with Crippen molar-refractivity contribution in [2.24, 2.45) is 0 Å². The van der Waals surface area contributed by atoms with Gasteiger partial charge in [-0.15, -0.1) is 5.10 Å². The minimum Gasteiger partial charge on any atom is -0.495 e. The minimum atomic E-state index is 0.917. The zero-order chi connectivity index (χ0) is 20.8. The Hall–Kier alpha value is -2.86. The molecule has 1 aliphatic rings. The molecule has 2 aromatic carbocycles. The molecule has 1 aliphatic heterocycles. The number of hydrogen-bond acceptors (Lipinski definition) is 5. The highest BCUT2D eigenvalue weighted by molar-refractivity contribution is 5.62. The van der Waals surface area contributed by atoms with Gasteiger partial charge in [-0.05, 0) is 44.0 Å². The van der Waals surface area contributed by atoms with Crippen molar-refractivity contribution in [1.82, 2.24) is 19.9 Å². The van der Waals surface area contributed by atoms with E-state index in [1.807, 2.05) is 16.8 Å². The summed E-state index contributed by atoms with van der Waals surface area (Å²) in [5, 5.41) is 8.67. The Morgan fingerprint density at radius 2 is 1.63 bits per heavy atom. The summed E-state index contributed by atoms with van der Waals surface area (Å²) in [6, 6.07) is 16.6. The van der Waals surface area contributed by atoms with E-state index in [4.69, 9.17) is 4.74 Å². The number of ether oxygens (including phenoxy) is 1. The van der Waals surface area contributed by atoms with Crippen molar-refractivity contribution in [3.63, 3.8) is 0 Å². The van der Waals surface area contributed by atoms with E-state index in [0.717, 1.165) is 62.7 Å². The Kier molecular flexibility index (Phi) is 6.64. The third-order valence-corrected chi connectivity index (χ3v) is 5.87. The largest absolute Gasteiger partial charge is 0.495 e. The van der Waals surface area contributed by atoms with Gasteiger partial charge in [0.15, 0.2) is 0 Å². The van der Waals surface area contributed by atoms with Crippen LogP contribution in [0.3, 0.4) is 0 Å². The molecule has 0 radical (unpaired) electrons. The fourth-order valence-corrected chi connectivity index (χ4v) is 4.10.